The zero-order chi connectivity index (χ0) is 13.9. The summed E-state index contributed by atoms with van der Waals surface area (Å²) in [5, 5.41) is 13.1. The Morgan fingerprint density at radius 2 is 2.05 bits per heavy atom. The van der Waals surface area contributed by atoms with Gasteiger partial charge in [0.1, 0.15) is 13.2 Å². The molecule has 110 valence electrons. The molecular formula is C16H23NO3. The van der Waals surface area contributed by atoms with Gasteiger partial charge in [-0.25, -0.2) is 0 Å². The predicted octanol–water partition coefficient (Wildman–Crippen LogP) is 2.27. The summed E-state index contributed by atoms with van der Waals surface area (Å²) >= 11 is 0. The second-order valence-electron chi connectivity index (χ2n) is 5.87. The quantitative estimate of drug-likeness (QED) is 0.886. The van der Waals surface area contributed by atoms with Crippen LogP contribution in [0.3, 0.4) is 0 Å². The highest BCUT2D eigenvalue weighted by Crippen LogP contribution is 2.33. The summed E-state index contributed by atoms with van der Waals surface area (Å²) in [7, 11) is 0. The summed E-state index contributed by atoms with van der Waals surface area (Å²) in [6.45, 7) is 4.38. The van der Waals surface area contributed by atoms with E-state index in [9.17, 15) is 5.11 Å². The van der Waals surface area contributed by atoms with Crippen LogP contribution in [0.4, 0.5) is 0 Å². The summed E-state index contributed by atoms with van der Waals surface area (Å²) < 4.78 is 11.2. The van der Waals surface area contributed by atoms with Gasteiger partial charge in [-0.15, -0.1) is 0 Å². The van der Waals surface area contributed by atoms with Crippen molar-refractivity contribution in [1.82, 2.24) is 5.32 Å². The van der Waals surface area contributed by atoms with Crippen molar-refractivity contribution in [3.63, 3.8) is 0 Å². The second-order valence-corrected chi connectivity index (χ2v) is 5.87. The van der Waals surface area contributed by atoms with E-state index in [0.29, 0.717) is 19.1 Å². The van der Waals surface area contributed by atoms with E-state index in [0.717, 1.165) is 37.3 Å². The van der Waals surface area contributed by atoms with Gasteiger partial charge in [0.25, 0.3) is 0 Å². The van der Waals surface area contributed by atoms with Gasteiger partial charge in [0, 0.05) is 6.04 Å². The van der Waals surface area contributed by atoms with Crippen molar-refractivity contribution < 1.29 is 14.6 Å². The van der Waals surface area contributed by atoms with Crippen LogP contribution >= 0.6 is 0 Å². The zero-order valence-corrected chi connectivity index (χ0v) is 12.0. The Balaban J connectivity index is 1.58. The molecule has 3 rings (SSSR count). The molecule has 0 radical (unpaired) electrons. The number of ether oxygens (including phenoxy) is 2. The van der Waals surface area contributed by atoms with Crippen LogP contribution in [0.2, 0.25) is 0 Å². The molecule has 4 nitrogen and oxygen atoms in total. The van der Waals surface area contributed by atoms with Crippen molar-refractivity contribution in [2.45, 2.75) is 38.3 Å². The summed E-state index contributed by atoms with van der Waals surface area (Å²) in [5.41, 5.74) is 1.22. The molecule has 1 aromatic rings. The minimum absolute atomic E-state index is 0.0913. The monoisotopic (exact) mass is 277 g/mol. The van der Waals surface area contributed by atoms with E-state index in [1.165, 1.54) is 5.56 Å². The fourth-order valence-corrected chi connectivity index (χ4v) is 3.02. The minimum Gasteiger partial charge on any atom is -0.486 e. The van der Waals surface area contributed by atoms with E-state index in [1.807, 2.05) is 6.07 Å². The number of hydrogen-bond acceptors (Lipinski definition) is 4. The zero-order valence-electron chi connectivity index (χ0n) is 12.0. The second kappa shape index (κ2) is 6.02. The molecule has 0 spiro atoms. The van der Waals surface area contributed by atoms with Crippen LogP contribution in [0.1, 0.15) is 37.8 Å². The number of nitrogens with one attached hydrogen (secondary N) is 1. The third-order valence-corrected chi connectivity index (χ3v) is 4.29. The molecule has 1 fully saturated rings. The lowest BCUT2D eigenvalue weighted by molar-refractivity contribution is 0.171. The lowest BCUT2D eigenvalue weighted by Crippen LogP contribution is -2.25. The fraction of sp³-hybridized carbons (Fsp3) is 0.625. The maximum absolute atomic E-state index is 9.56. The molecule has 3 atom stereocenters. The van der Waals surface area contributed by atoms with E-state index < -0.39 is 0 Å². The molecule has 0 amide bonds. The molecule has 0 bridgehead atoms. The maximum atomic E-state index is 9.56. The first kappa shape index (κ1) is 13.7. The Morgan fingerprint density at radius 3 is 2.80 bits per heavy atom. The normalized spacial score (nSPS) is 26.5. The summed E-state index contributed by atoms with van der Waals surface area (Å²) in [6, 6.07) is 6.43. The largest absolute Gasteiger partial charge is 0.486 e. The maximum Gasteiger partial charge on any atom is 0.161 e. The summed E-state index contributed by atoms with van der Waals surface area (Å²) in [6.07, 6.45) is 2.92. The van der Waals surface area contributed by atoms with Gasteiger partial charge < -0.3 is 19.9 Å². The van der Waals surface area contributed by atoms with Crippen LogP contribution in [0.25, 0.3) is 0 Å². The molecule has 1 aromatic carbocycles. The molecule has 0 aromatic heterocycles. The lowest BCUT2D eigenvalue weighted by Gasteiger charge is -2.22. The molecule has 2 aliphatic rings. The van der Waals surface area contributed by atoms with Gasteiger partial charge in [0.15, 0.2) is 11.5 Å². The molecule has 20 heavy (non-hydrogen) atoms. The fourth-order valence-electron chi connectivity index (χ4n) is 3.02. The van der Waals surface area contributed by atoms with Crippen LogP contribution in [0.15, 0.2) is 18.2 Å². The Kier molecular flexibility index (Phi) is 4.13. The number of fused-ring (bicyclic) bond motifs is 1. The highest BCUT2D eigenvalue weighted by atomic mass is 16.6. The van der Waals surface area contributed by atoms with E-state index in [-0.39, 0.29) is 12.1 Å². The Labute approximate surface area is 120 Å². The average molecular weight is 277 g/mol. The van der Waals surface area contributed by atoms with Gasteiger partial charge in [-0.3, -0.25) is 0 Å². The van der Waals surface area contributed by atoms with E-state index in [2.05, 4.69) is 24.4 Å². The summed E-state index contributed by atoms with van der Waals surface area (Å²) in [5.74, 6) is 2.29. The van der Waals surface area contributed by atoms with Crippen LogP contribution in [-0.2, 0) is 0 Å². The minimum atomic E-state index is -0.0913. The van der Waals surface area contributed by atoms with Crippen LogP contribution in [0.5, 0.6) is 11.5 Å². The van der Waals surface area contributed by atoms with Gasteiger partial charge >= 0.3 is 0 Å². The Hall–Kier alpha value is -1.26. The van der Waals surface area contributed by atoms with E-state index >= 15 is 0 Å². The van der Waals surface area contributed by atoms with Crippen molar-refractivity contribution in [3.05, 3.63) is 23.8 Å². The molecule has 1 aliphatic carbocycles. The third-order valence-electron chi connectivity index (χ3n) is 4.29. The van der Waals surface area contributed by atoms with E-state index in [1.54, 1.807) is 0 Å². The number of aliphatic hydroxyl groups excluding tert-OH is 1. The Morgan fingerprint density at radius 1 is 1.25 bits per heavy atom. The molecule has 0 saturated heterocycles. The molecule has 1 aliphatic heterocycles. The topological polar surface area (TPSA) is 50.7 Å². The molecule has 3 unspecified atom stereocenters. The SMILES string of the molecule is CC(NCC1CCC(O)C1)c1ccc2c(c1)OCCO2. The van der Waals surface area contributed by atoms with Gasteiger partial charge in [0.05, 0.1) is 6.10 Å². The van der Waals surface area contributed by atoms with Crippen LogP contribution in [-0.4, -0.2) is 31.0 Å². The molecule has 2 N–H and O–H groups in total. The van der Waals surface area contributed by atoms with Crippen molar-refractivity contribution >= 4 is 0 Å². The van der Waals surface area contributed by atoms with Gasteiger partial charge in [-0.05, 0) is 56.3 Å². The first-order valence-electron chi connectivity index (χ1n) is 7.53. The van der Waals surface area contributed by atoms with Crippen molar-refractivity contribution in [3.8, 4) is 11.5 Å². The van der Waals surface area contributed by atoms with Gasteiger partial charge in [0.2, 0.25) is 0 Å². The molecule has 4 heteroatoms. The summed E-state index contributed by atoms with van der Waals surface area (Å²) in [4.78, 5) is 0. The van der Waals surface area contributed by atoms with Crippen molar-refractivity contribution in [2.24, 2.45) is 5.92 Å². The van der Waals surface area contributed by atoms with Gasteiger partial charge in [-0.2, -0.15) is 0 Å². The lowest BCUT2D eigenvalue weighted by atomic mass is 10.0. The Bertz CT molecular complexity index is 463. The first-order valence-corrected chi connectivity index (χ1v) is 7.53. The highest BCUT2D eigenvalue weighted by molar-refractivity contribution is 5.44. The number of aliphatic hydroxyl groups is 1. The van der Waals surface area contributed by atoms with E-state index in [4.69, 9.17) is 9.47 Å². The molecule has 1 saturated carbocycles. The number of benzene rings is 1. The number of hydrogen-bond donors (Lipinski definition) is 2. The first-order chi connectivity index (χ1) is 9.72. The molecular weight excluding hydrogens is 254 g/mol. The van der Waals surface area contributed by atoms with Crippen LogP contribution in [0, 0.1) is 5.92 Å². The van der Waals surface area contributed by atoms with Crippen LogP contribution < -0.4 is 14.8 Å². The van der Waals surface area contributed by atoms with Crippen molar-refractivity contribution in [2.75, 3.05) is 19.8 Å². The smallest absolute Gasteiger partial charge is 0.161 e. The third kappa shape index (κ3) is 3.07. The standard InChI is InChI=1S/C16H23NO3/c1-11(17-10-12-2-4-14(18)8-12)13-3-5-15-16(9-13)20-7-6-19-15/h3,5,9,11-12,14,17-18H,2,4,6-8,10H2,1H3. The molecule has 1 heterocycles. The predicted molar refractivity (Wildman–Crippen MR) is 77.2 cm³/mol. The highest BCUT2D eigenvalue weighted by Gasteiger charge is 2.23. The van der Waals surface area contributed by atoms with Gasteiger partial charge in [-0.1, -0.05) is 6.07 Å². The van der Waals surface area contributed by atoms with Crippen molar-refractivity contribution in [1.29, 1.82) is 0 Å². The number of rotatable bonds is 4. The average Bonchev–Trinajstić information content (AvgIpc) is 2.90.